The maximum absolute atomic E-state index is 12.4. The zero-order valence-electron chi connectivity index (χ0n) is 16.3. The lowest BCUT2D eigenvalue weighted by atomic mass is 10.0. The van der Waals surface area contributed by atoms with Crippen LogP contribution in [0.25, 0.3) is 0 Å². The van der Waals surface area contributed by atoms with Gasteiger partial charge in [0.05, 0.1) is 0 Å². The summed E-state index contributed by atoms with van der Waals surface area (Å²) in [5.41, 5.74) is -0.550. The van der Waals surface area contributed by atoms with Crippen molar-refractivity contribution in [3.8, 4) is 0 Å². The van der Waals surface area contributed by atoms with Crippen molar-refractivity contribution in [3.05, 3.63) is 0 Å². The second-order valence-corrected chi connectivity index (χ2v) is 7.40. The minimum atomic E-state index is -0.550. The maximum atomic E-state index is 12.4. The lowest BCUT2D eigenvalue weighted by Gasteiger charge is -2.36. The fraction of sp³-hybridized carbons (Fsp3) is 0.833. The molecule has 3 amide bonds. The van der Waals surface area contributed by atoms with Gasteiger partial charge in [0.1, 0.15) is 5.60 Å². The molecule has 0 atom stereocenters. The molecular weight excluding hydrogens is 322 g/mol. The van der Waals surface area contributed by atoms with Crippen molar-refractivity contribution in [2.45, 2.75) is 59.5 Å². The lowest BCUT2D eigenvalue weighted by molar-refractivity contribution is -0.142. The van der Waals surface area contributed by atoms with Crippen molar-refractivity contribution in [1.82, 2.24) is 15.1 Å². The summed E-state index contributed by atoms with van der Waals surface area (Å²) in [6, 6.07) is 0. The van der Waals surface area contributed by atoms with Gasteiger partial charge in [0.2, 0.25) is 11.8 Å². The number of hydrogen-bond donors (Lipinski definition) is 1. The molecule has 0 spiro atoms. The van der Waals surface area contributed by atoms with Crippen molar-refractivity contribution >= 4 is 17.9 Å². The van der Waals surface area contributed by atoms with Gasteiger partial charge in [-0.2, -0.15) is 0 Å². The summed E-state index contributed by atoms with van der Waals surface area (Å²) in [6.07, 6.45) is 1.43. The fourth-order valence-electron chi connectivity index (χ4n) is 2.82. The molecular formula is C18H33N3O4. The van der Waals surface area contributed by atoms with Crippen LogP contribution in [0.3, 0.4) is 0 Å². The highest BCUT2D eigenvalue weighted by atomic mass is 16.6. The van der Waals surface area contributed by atoms with Gasteiger partial charge < -0.3 is 19.9 Å². The van der Waals surface area contributed by atoms with Gasteiger partial charge in [0, 0.05) is 45.1 Å². The van der Waals surface area contributed by atoms with Gasteiger partial charge in [-0.3, -0.25) is 9.59 Å². The van der Waals surface area contributed by atoms with Gasteiger partial charge in [0.15, 0.2) is 0 Å². The monoisotopic (exact) mass is 355 g/mol. The van der Waals surface area contributed by atoms with Gasteiger partial charge in [0.25, 0.3) is 0 Å². The first-order valence-electron chi connectivity index (χ1n) is 9.21. The third-order valence-electron chi connectivity index (χ3n) is 4.29. The molecule has 1 aliphatic rings. The standard InChI is InChI=1S/C18H33N3O4/c1-6-14(7-2)16(23)21-12-10-20(11-13-21)15(22)8-9-19-17(24)25-18(3,4)5/h14H,6-13H2,1-5H3,(H,19,24). The number of ether oxygens (including phenoxy) is 1. The highest BCUT2D eigenvalue weighted by Crippen LogP contribution is 2.14. The van der Waals surface area contributed by atoms with E-state index in [4.69, 9.17) is 4.74 Å². The van der Waals surface area contributed by atoms with Crippen LogP contribution in [0.15, 0.2) is 0 Å². The molecule has 1 saturated heterocycles. The lowest BCUT2D eigenvalue weighted by Crippen LogP contribution is -2.52. The summed E-state index contributed by atoms with van der Waals surface area (Å²) in [5.74, 6) is 0.273. The van der Waals surface area contributed by atoms with E-state index in [1.54, 1.807) is 25.7 Å². The molecule has 0 saturated carbocycles. The number of carbonyl (C=O) groups is 3. The number of piperazine rings is 1. The zero-order chi connectivity index (χ0) is 19.0. The number of carbonyl (C=O) groups excluding carboxylic acids is 3. The van der Waals surface area contributed by atoms with Gasteiger partial charge in [-0.15, -0.1) is 0 Å². The molecule has 1 heterocycles. The number of nitrogens with zero attached hydrogens (tertiary/aromatic N) is 2. The summed E-state index contributed by atoms with van der Waals surface area (Å²) in [5, 5.41) is 2.59. The Morgan fingerprint density at radius 2 is 1.52 bits per heavy atom. The van der Waals surface area contributed by atoms with Crippen LogP contribution in [0.4, 0.5) is 4.79 Å². The first kappa shape index (κ1) is 21.3. The largest absolute Gasteiger partial charge is 0.444 e. The molecule has 0 unspecified atom stereocenters. The van der Waals surface area contributed by atoms with E-state index in [1.807, 2.05) is 18.7 Å². The first-order chi connectivity index (χ1) is 11.7. The Labute approximate surface area is 151 Å². The molecule has 1 aliphatic heterocycles. The smallest absolute Gasteiger partial charge is 0.407 e. The predicted octanol–water partition coefficient (Wildman–Crippen LogP) is 2.01. The van der Waals surface area contributed by atoms with E-state index in [-0.39, 0.29) is 30.7 Å². The highest BCUT2D eigenvalue weighted by molar-refractivity contribution is 5.80. The van der Waals surface area contributed by atoms with Crippen molar-refractivity contribution in [2.75, 3.05) is 32.7 Å². The molecule has 144 valence electrons. The Bertz CT molecular complexity index is 461. The van der Waals surface area contributed by atoms with Crippen LogP contribution in [0.5, 0.6) is 0 Å². The number of alkyl carbamates (subject to hydrolysis) is 1. The zero-order valence-corrected chi connectivity index (χ0v) is 16.3. The molecule has 1 N–H and O–H groups in total. The van der Waals surface area contributed by atoms with Crippen LogP contribution < -0.4 is 5.32 Å². The van der Waals surface area contributed by atoms with E-state index in [0.717, 1.165) is 12.8 Å². The molecule has 0 aliphatic carbocycles. The second kappa shape index (κ2) is 9.63. The number of hydrogen-bond acceptors (Lipinski definition) is 4. The van der Waals surface area contributed by atoms with Crippen LogP contribution in [0.2, 0.25) is 0 Å². The molecule has 25 heavy (non-hydrogen) atoms. The first-order valence-corrected chi connectivity index (χ1v) is 9.21. The maximum Gasteiger partial charge on any atom is 0.407 e. The highest BCUT2D eigenvalue weighted by Gasteiger charge is 2.27. The third-order valence-corrected chi connectivity index (χ3v) is 4.29. The van der Waals surface area contributed by atoms with Crippen LogP contribution in [-0.2, 0) is 14.3 Å². The molecule has 7 heteroatoms. The SMILES string of the molecule is CCC(CC)C(=O)N1CCN(C(=O)CCNC(=O)OC(C)(C)C)CC1. The van der Waals surface area contributed by atoms with Crippen LogP contribution >= 0.6 is 0 Å². The summed E-state index contributed by atoms with van der Waals surface area (Å²) >= 11 is 0. The Balaban J connectivity index is 2.31. The van der Waals surface area contributed by atoms with E-state index in [9.17, 15) is 14.4 Å². The number of rotatable bonds is 6. The summed E-state index contributed by atoms with van der Waals surface area (Å²) in [4.78, 5) is 39.7. The van der Waals surface area contributed by atoms with Crippen molar-refractivity contribution < 1.29 is 19.1 Å². The molecule has 0 bridgehead atoms. The number of amides is 3. The molecule has 7 nitrogen and oxygen atoms in total. The van der Waals surface area contributed by atoms with Gasteiger partial charge in [-0.25, -0.2) is 4.79 Å². The van der Waals surface area contributed by atoms with E-state index >= 15 is 0 Å². The van der Waals surface area contributed by atoms with Crippen molar-refractivity contribution in [1.29, 1.82) is 0 Å². The normalized spacial score (nSPS) is 15.3. The summed E-state index contributed by atoms with van der Waals surface area (Å²) in [6.45, 7) is 12.0. The summed E-state index contributed by atoms with van der Waals surface area (Å²) in [7, 11) is 0. The van der Waals surface area contributed by atoms with Crippen LogP contribution in [0.1, 0.15) is 53.9 Å². The Hall–Kier alpha value is -1.79. The second-order valence-electron chi connectivity index (χ2n) is 7.40. The average molecular weight is 355 g/mol. The Morgan fingerprint density at radius 1 is 1.00 bits per heavy atom. The quantitative estimate of drug-likeness (QED) is 0.790. The van der Waals surface area contributed by atoms with Gasteiger partial charge >= 0.3 is 6.09 Å². The molecule has 0 radical (unpaired) electrons. The Morgan fingerprint density at radius 3 is 2.00 bits per heavy atom. The van der Waals surface area contributed by atoms with E-state index < -0.39 is 11.7 Å². The average Bonchev–Trinajstić information content (AvgIpc) is 2.54. The van der Waals surface area contributed by atoms with E-state index in [2.05, 4.69) is 5.32 Å². The van der Waals surface area contributed by atoms with E-state index in [1.165, 1.54) is 0 Å². The molecule has 0 aromatic carbocycles. The Kier molecular flexibility index (Phi) is 8.19. The summed E-state index contributed by atoms with van der Waals surface area (Å²) < 4.78 is 5.13. The van der Waals surface area contributed by atoms with Gasteiger partial charge in [-0.1, -0.05) is 13.8 Å². The molecule has 1 rings (SSSR count). The minimum absolute atomic E-state index is 0.00862. The minimum Gasteiger partial charge on any atom is -0.444 e. The topological polar surface area (TPSA) is 79.0 Å². The predicted molar refractivity (Wildman–Crippen MR) is 96.1 cm³/mol. The molecule has 0 aromatic heterocycles. The number of nitrogens with one attached hydrogen (secondary N) is 1. The van der Waals surface area contributed by atoms with Crippen LogP contribution in [0, 0.1) is 5.92 Å². The van der Waals surface area contributed by atoms with Gasteiger partial charge in [-0.05, 0) is 33.6 Å². The van der Waals surface area contributed by atoms with E-state index in [0.29, 0.717) is 26.2 Å². The molecule has 1 fully saturated rings. The third kappa shape index (κ3) is 7.32. The fourth-order valence-corrected chi connectivity index (χ4v) is 2.82. The van der Waals surface area contributed by atoms with Crippen molar-refractivity contribution in [2.24, 2.45) is 5.92 Å². The molecule has 0 aromatic rings. The van der Waals surface area contributed by atoms with Crippen LogP contribution in [-0.4, -0.2) is 66.0 Å². The van der Waals surface area contributed by atoms with Crippen molar-refractivity contribution in [3.63, 3.8) is 0 Å².